The molecule has 9 heterocycles. The van der Waals surface area contributed by atoms with Crippen LogP contribution in [0.15, 0.2) is 111 Å². The molecule has 9 aliphatic heterocycles. The van der Waals surface area contributed by atoms with Gasteiger partial charge in [0.15, 0.2) is 14.8 Å². The molecule has 116 heavy (non-hydrogen) atoms. The number of carbonyl (C=O) groups is 9. The van der Waals surface area contributed by atoms with Crippen molar-refractivity contribution >= 4 is 136 Å². The molecule has 9 aliphatic rings. The Labute approximate surface area is 715 Å². The molecule has 9 unspecified atom stereocenters. The van der Waals surface area contributed by atoms with Crippen molar-refractivity contribution in [1.82, 2.24) is 0 Å². The molecule has 0 aliphatic carbocycles. The van der Waals surface area contributed by atoms with Gasteiger partial charge in [-0.2, -0.15) is 47.0 Å². The Morgan fingerprint density at radius 3 is 0.828 bits per heavy atom. The van der Waals surface area contributed by atoms with Crippen molar-refractivity contribution in [3.63, 3.8) is 0 Å². The lowest BCUT2D eigenvalue weighted by molar-refractivity contribution is -0.269. The van der Waals surface area contributed by atoms with Crippen molar-refractivity contribution < 1.29 is 138 Å². The van der Waals surface area contributed by atoms with Crippen molar-refractivity contribution in [3.05, 3.63) is 111 Å². The number of esters is 9. The van der Waals surface area contributed by atoms with Crippen LogP contribution in [-0.4, -0.2) is 272 Å². The molecule has 0 saturated carbocycles. The summed E-state index contributed by atoms with van der Waals surface area (Å²) in [7, 11) is 0. The molecule has 9 saturated heterocycles. The number of hydrogen-bond acceptors (Lipinski definition) is 36. The van der Waals surface area contributed by atoms with E-state index in [1.165, 1.54) is 6.08 Å². The van der Waals surface area contributed by atoms with Gasteiger partial charge in [-0.15, -0.1) is 35.3 Å². The molecule has 0 amide bonds. The number of carbonyl (C=O) groups excluding carboxylic acids is 9. The summed E-state index contributed by atoms with van der Waals surface area (Å²) in [6, 6.07) is 0. The third-order valence-corrected chi connectivity index (χ3v) is 23.5. The first kappa shape index (κ1) is 109. The highest BCUT2D eigenvalue weighted by atomic mass is 32.2. The molecule has 660 valence electrons. The Morgan fingerprint density at radius 2 is 0.517 bits per heavy atom. The second-order valence-electron chi connectivity index (χ2n) is 27.7. The van der Waals surface area contributed by atoms with Gasteiger partial charge in [0, 0.05) is 123 Å². The van der Waals surface area contributed by atoms with E-state index in [2.05, 4.69) is 59.2 Å². The summed E-state index contributed by atoms with van der Waals surface area (Å²) in [5, 5.41) is 0. The second kappa shape index (κ2) is 56.5. The predicted octanol–water partition coefficient (Wildman–Crippen LogP) is 12.4. The van der Waals surface area contributed by atoms with Gasteiger partial charge < -0.3 is 94.7 Å². The molecular formula is C80H124O29S7. The summed E-state index contributed by atoms with van der Waals surface area (Å²) in [5.74, 6) is 0.845. The van der Waals surface area contributed by atoms with Crippen molar-refractivity contribution in [1.29, 1.82) is 0 Å². The smallest absolute Gasteiger partial charge is 0.335 e. The van der Waals surface area contributed by atoms with Crippen LogP contribution in [-0.2, 0) is 138 Å². The largest absolute Gasteiger partial charge is 0.443 e. The van der Waals surface area contributed by atoms with Gasteiger partial charge in [0.1, 0.15) is 13.2 Å². The molecule has 0 spiro atoms. The maximum atomic E-state index is 11.3. The first-order valence-corrected chi connectivity index (χ1v) is 44.7. The van der Waals surface area contributed by atoms with Gasteiger partial charge in [0.2, 0.25) is 34.7 Å². The Balaban J connectivity index is 0.000000653. The average molecular weight is 1770 g/mol. The summed E-state index contributed by atoms with van der Waals surface area (Å²) in [6.07, 6.45) is 7.59. The van der Waals surface area contributed by atoms with Crippen LogP contribution < -0.4 is 0 Å². The zero-order valence-electron chi connectivity index (χ0n) is 70.1. The molecule has 36 heteroatoms. The van der Waals surface area contributed by atoms with E-state index < -0.39 is 79.4 Å². The van der Waals surface area contributed by atoms with Gasteiger partial charge in [-0.3, -0.25) is 0 Å². The van der Waals surface area contributed by atoms with Crippen molar-refractivity contribution in [3.8, 4) is 0 Å². The lowest BCUT2D eigenvalue weighted by Gasteiger charge is -2.32. The molecule has 9 fully saturated rings. The molecule has 0 aromatic carbocycles. The zero-order valence-corrected chi connectivity index (χ0v) is 75.8. The maximum absolute atomic E-state index is 11.3. The van der Waals surface area contributed by atoms with Crippen molar-refractivity contribution in [2.45, 2.75) is 166 Å². The summed E-state index contributed by atoms with van der Waals surface area (Å²) in [4.78, 5) is 98.1. The predicted molar refractivity (Wildman–Crippen MR) is 456 cm³/mol. The van der Waals surface area contributed by atoms with Gasteiger partial charge in [-0.05, 0) is 91.9 Å². The van der Waals surface area contributed by atoms with Crippen LogP contribution in [0.2, 0.25) is 0 Å². The van der Waals surface area contributed by atoms with Crippen molar-refractivity contribution in [2.75, 3.05) is 169 Å². The monoisotopic (exact) mass is 1770 g/mol. The normalized spacial score (nSPS) is 28.6. The van der Waals surface area contributed by atoms with E-state index in [1.54, 1.807) is 158 Å². The minimum absolute atomic E-state index is 0.270. The van der Waals surface area contributed by atoms with E-state index in [4.69, 9.17) is 94.7 Å². The first-order chi connectivity index (χ1) is 54.3. The Bertz CT molecular complexity index is 2910. The van der Waals surface area contributed by atoms with Gasteiger partial charge in [-0.25, -0.2) is 43.2 Å². The van der Waals surface area contributed by atoms with Gasteiger partial charge >= 0.3 is 53.7 Å². The Hall–Kier alpha value is -5.10. The molecule has 9 rings (SSSR count). The molecule has 29 nitrogen and oxygen atoms in total. The van der Waals surface area contributed by atoms with E-state index in [0.29, 0.717) is 124 Å². The third kappa shape index (κ3) is 49.0. The second-order valence-corrected chi connectivity index (χ2v) is 36.8. The molecule has 0 aromatic rings. The quantitative estimate of drug-likeness (QED) is 0.0699. The fourth-order valence-electron chi connectivity index (χ4n) is 8.90. The van der Waals surface area contributed by atoms with Gasteiger partial charge in [0.05, 0.1) is 109 Å². The fourth-order valence-corrected chi connectivity index (χ4v) is 15.4. The molecule has 0 radical (unpaired) electrons. The highest BCUT2D eigenvalue weighted by Crippen LogP contribution is 2.34. The summed E-state index contributed by atoms with van der Waals surface area (Å²) >= 11 is 11.7. The summed E-state index contributed by atoms with van der Waals surface area (Å²) in [5.41, 5.74) is 2.02. The SMILES string of the molecule is C=C(C)C(=O)OC1(C)COCCCS1.C=C(C)C(=O)OC1(C)COCCO1.C=C(C)C(=O)OC1(C)COCCS1.C=C(C)C(=O)OC1(C)CSCCCO1.C=C(C)C(=O)OC1(C)CSCCO1.C=CC(=O)OC1(C)COCCO1.C=CC(=O)OC1(C)COCCS1.C=CC(=O)OC1(C)CSCCCO1.C=CC(=O)OC1(C)CSCCO1. The number of hydrogen-bond donors (Lipinski definition) is 0. The van der Waals surface area contributed by atoms with Crippen LogP contribution >= 0.6 is 82.3 Å². The molecule has 0 bridgehead atoms. The highest BCUT2D eigenvalue weighted by molar-refractivity contribution is 8.01. The molecule has 9 atom stereocenters. The van der Waals surface area contributed by atoms with Gasteiger partial charge in [0.25, 0.3) is 0 Å². The van der Waals surface area contributed by atoms with E-state index >= 15 is 0 Å². The highest BCUT2D eigenvalue weighted by Gasteiger charge is 2.39. The van der Waals surface area contributed by atoms with Crippen LogP contribution in [0.4, 0.5) is 0 Å². The first-order valence-electron chi connectivity index (χ1n) is 37.1. The number of rotatable bonds is 18. The zero-order chi connectivity index (χ0) is 87.7. The van der Waals surface area contributed by atoms with Crippen LogP contribution in [0.25, 0.3) is 0 Å². The summed E-state index contributed by atoms with van der Waals surface area (Å²) < 4.78 is 104. The van der Waals surface area contributed by atoms with E-state index in [1.807, 2.05) is 20.8 Å². The minimum Gasteiger partial charge on any atom is -0.443 e. The van der Waals surface area contributed by atoms with Crippen molar-refractivity contribution in [2.24, 2.45) is 0 Å². The fraction of sp³-hybridized carbons (Fsp3) is 0.662. The Kier molecular flexibility index (Phi) is 53.0. The van der Waals surface area contributed by atoms with E-state index in [0.717, 1.165) is 97.6 Å². The van der Waals surface area contributed by atoms with Gasteiger partial charge in [-0.1, -0.05) is 59.2 Å². The molecule has 0 N–H and O–H groups in total. The lowest BCUT2D eigenvalue weighted by Crippen LogP contribution is -2.44. The average Bonchev–Trinajstić information content (AvgIpc) is 1.54. The Morgan fingerprint density at radius 1 is 0.267 bits per heavy atom. The van der Waals surface area contributed by atoms with E-state index in [-0.39, 0.29) is 37.1 Å². The van der Waals surface area contributed by atoms with Crippen LogP contribution in [0.1, 0.15) is 116 Å². The minimum atomic E-state index is -0.950. The lowest BCUT2D eigenvalue weighted by atomic mass is 10.3. The molecule has 0 aromatic heterocycles. The standard InChI is InChI=1S/2C10H16O3S.C9H14O4.3C9H14O3S.C8H12O4.2C8H12O3S/c1-8(2)9(11)13-10(3)7-14-6-4-5-12-10;1-8(2)9(11)13-10(3)7-12-5-4-6-14-10;1-7(2)8(10)13-9(3)6-11-4-5-12-9;1-7(2)8(10)12-9(3)6-13-5-4-11-9;1-7(2)8(10)12-9(3)6-11-4-5-13-9;1-3-8(10)12-9(2)7-13-6-4-5-11-9;1-3-7(9)12-8(2)6-10-4-5-11-8;1-3-7(9)11-8(2)6-12-5-4-10-8;1-3-7(9)11-8(2)6-10-4-5-12-8/h2*1,4-7H2,2-3H3;3*1,4-6H2,2-3H3;3H,1,4-7H2,2H3;3*3H,1,4-6H2,2H3. The third-order valence-electron chi connectivity index (χ3n) is 14.8. The topological polar surface area (TPSA) is 338 Å². The van der Waals surface area contributed by atoms with Crippen LogP contribution in [0.3, 0.4) is 0 Å². The van der Waals surface area contributed by atoms with Crippen LogP contribution in [0.5, 0.6) is 0 Å². The maximum Gasteiger partial charge on any atom is 0.335 e. The van der Waals surface area contributed by atoms with E-state index in [9.17, 15) is 43.2 Å². The van der Waals surface area contributed by atoms with Crippen LogP contribution in [0, 0.1) is 0 Å². The summed E-state index contributed by atoms with van der Waals surface area (Å²) in [6.45, 7) is 63.7. The number of thioether (sulfide) groups is 7. The molecular weight excluding hydrogens is 1650 g/mol. The number of ether oxygens (including phenoxy) is 20.